The van der Waals surface area contributed by atoms with Crippen molar-refractivity contribution < 1.29 is 19.4 Å². The van der Waals surface area contributed by atoms with Crippen molar-refractivity contribution in [1.29, 1.82) is 0 Å². The Bertz CT molecular complexity index is 1080. The van der Waals surface area contributed by atoms with Gasteiger partial charge in [-0.3, -0.25) is 9.59 Å². The minimum absolute atomic E-state index is 0.0134. The highest BCUT2D eigenvalue weighted by atomic mass is 32.1. The summed E-state index contributed by atoms with van der Waals surface area (Å²) in [7, 11) is 1.51. The topological polar surface area (TPSA) is 100 Å². The van der Waals surface area contributed by atoms with Crippen molar-refractivity contribution in [3.8, 4) is 11.5 Å². The number of ether oxygens (including phenoxy) is 1. The summed E-state index contributed by atoms with van der Waals surface area (Å²) in [5.41, 5.74) is 3.20. The van der Waals surface area contributed by atoms with Crippen molar-refractivity contribution in [3.63, 3.8) is 0 Å². The van der Waals surface area contributed by atoms with Crippen molar-refractivity contribution in [1.82, 2.24) is 10.7 Å². The van der Waals surface area contributed by atoms with Crippen molar-refractivity contribution in [2.24, 2.45) is 5.10 Å². The number of methoxy groups -OCH3 is 1. The Morgan fingerprint density at radius 3 is 2.60 bits per heavy atom. The molecule has 30 heavy (non-hydrogen) atoms. The van der Waals surface area contributed by atoms with Crippen LogP contribution >= 0.6 is 11.3 Å². The maximum Gasteiger partial charge on any atom is 0.287 e. The van der Waals surface area contributed by atoms with Crippen LogP contribution in [0.25, 0.3) is 6.08 Å². The average Bonchev–Trinajstić information content (AvgIpc) is 3.28. The largest absolute Gasteiger partial charge is 0.507 e. The van der Waals surface area contributed by atoms with E-state index in [4.69, 9.17) is 4.74 Å². The lowest BCUT2D eigenvalue weighted by Crippen LogP contribution is -2.32. The van der Waals surface area contributed by atoms with E-state index in [-0.39, 0.29) is 11.4 Å². The van der Waals surface area contributed by atoms with Crippen molar-refractivity contribution in [2.45, 2.75) is 0 Å². The SMILES string of the molecule is COc1ccc(O)c(/C=N\NC(=O)/C(=C\c2cccs2)NC(=O)c2ccccc2)c1. The van der Waals surface area contributed by atoms with Gasteiger partial charge in [-0.25, -0.2) is 5.43 Å². The highest BCUT2D eigenvalue weighted by Gasteiger charge is 2.14. The van der Waals surface area contributed by atoms with Gasteiger partial charge in [0.2, 0.25) is 0 Å². The van der Waals surface area contributed by atoms with E-state index < -0.39 is 11.8 Å². The number of nitrogens with zero attached hydrogens (tertiary/aromatic N) is 1. The van der Waals surface area contributed by atoms with E-state index in [0.29, 0.717) is 16.9 Å². The van der Waals surface area contributed by atoms with E-state index in [1.165, 1.54) is 30.7 Å². The van der Waals surface area contributed by atoms with Gasteiger partial charge in [-0.1, -0.05) is 24.3 Å². The predicted octanol–water partition coefficient (Wildman–Crippen LogP) is 3.38. The van der Waals surface area contributed by atoms with Crippen molar-refractivity contribution in [3.05, 3.63) is 87.7 Å². The van der Waals surface area contributed by atoms with Gasteiger partial charge in [0.15, 0.2) is 0 Å². The zero-order valence-electron chi connectivity index (χ0n) is 16.0. The molecule has 1 aromatic heterocycles. The van der Waals surface area contributed by atoms with Crippen LogP contribution in [-0.4, -0.2) is 30.2 Å². The van der Waals surface area contributed by atoms with Gasteiger partial charge in [0, 0.05) is 16.0 Å². The lowest BCUT2D eigenvalue weighted by Gasteiger charge is -2.09. The first-order valence-corrected chi connectivity index (χ1v) is 9.77. The Morgan fingerprint density at radius 1 is 1.10 bits per heavy atom. The van der Waals surface area contributed by atoms with Crippen LogP contribution in [0.4, 0.5) is 0 Å². The first kappa shape index (κ1) is 20.8. The van der Waals surface area contributed by atoms with E-state index in [1.807, 2.05) is 17.5 Å². The molecular weight excluding hydrogens is 402 g/mol. The number of carbonyl (C=O) groups excluding carboxylic acids is 2. The van der Waals surface area contributed by atoms with Gasteiger partial charge in [-0.05, 0) is 47.9 Å². The number of thiophene rings is 1. The number of carbonyl (C=O) groups is 2. The molecule has 0 aliphatic heterocycles. The molecule has 0 saturated heterocycles. The fourth-order valence-electron chi connectivity index (χ4n) is 2.44. The summed E-state index contributed by atoms with van der Waals surface area (Å²) in [6, 6.07) is 16.9. The molecule has 0 fully saturated rings. The van der Waals surface area contributed by atoms with E-state index in [0.717, 1.165) is 4.88 Å². The molecule has 1 heterocycles. The summed E-state index contributed by atoms with van der Waals surface area (Å²) in [5, 5.41) is 18.3. The molecule has 3 N–H and O–H groups in total. The molecule has 0 atom stereocenters. The Morgan fingerprint density at radius 2 is 1.90 bits per heavy atom. The fraction of sp³-hybridized carbons (Fsp3) is 0.0455. The average molecular weight is 421 g/mol. The molecule has 0 unspecified atom stereocenters. The van der Waals surface area contributed by atoms with Gasteiger partial charge >= 0.3 is 0 Å². The minimum atomic E-state index is -0.605. The minimum Gasteiger partial charge on any atom is -0.507 e. The first-order chi connectivity index (χ1) is 14.6. The van der Waals surface area contributed by atoms with Gasteiger partial charge in [-0.15, -0.1) is 11.3 Å². The number of amides is 2. The molecule has 2 aromatic carbocycles. The number of benzene rings is 2. The van der Waals surface area contributed by atoms with Gasteiger partial charge in [0.25, 0.3) is 11.8 Å². The smallest absolute Gasteiger partial charge is 0.287 e. The lowest BCUT2D eigenvalue weighted by atomic mass is 10.2. The second-order valence-corrected chi connectivity index (χ2v) is 7.00. The number of hydrazone groups is 1. The standard InChI is InChI=1S/C22H19N3O4S/c1-29-17-9-10-20(26)16(12-17)14-23-25-22(28)19(13-18-8-5-11-30-18)24-21(27)15-6-3-2-4-7-15/h2-14,26H,1H3,(H,24,27)(H,25,28)/b19-13+,23-14-. The fourth-order valence-corrected chi connectivity index (χ4v) is 3.10. The number of hydrogen-bond acceptors (Lipinski definition) is 6. The molecule has 152 valence electrons. The van der Waals surface area contributed by atoms with Crippen LogP contribution in [0.2, 0.25) is 0 Å². The third kappa shape index (κ3) is 5.55. The molecule has 8 heteroatoms. The van der Waals surface area contributed by atoms with Crippen LogP contribution in [0.15, 0.2) is 76.8 Å². The van der Waals surface area contributed by atoms with Gasteiger partial charge in [0.05, 0.1) is 13.3 Å². The van der Waals surface area contributed by atoms with E-state index in [9.17, 15) is 14.7 Å². The van der Waals surface area contributed by atoms with E-state index >= 15 is 0 Å². The van der Waals surface area contributed by atoms with Crippen LogP contribution in [0, 0.1) is 0 Å². The zero-order valence-corrected chi connectivity index (χ0v) is 16.8. The van der Waals surface area contributed by atoms with Crippen LogP contribution < -0.4 is 15.5 Å². The maximum atomic E-state index is 12.6. The summed E-state index contributed by atoms with van der Waals surface area (Å²) < 4.78 is 5.10. The quantitative estimate of drug-likeness (QED) is 0.309. The monoisotopic (exact) mass is 421 g/mol. The van der Waals surface area contributed by atoms with Crippen molar-refractivity contribution in [2.75, 3.05) is 7.11 Å². The summed E-state index contributed by atoms with van der Waals surface area (Å²) in [5.74, 6) is -0.496. The van der Waals surface area contributed by atoms with Gasteiger partial charge in [-0.2, -0.15) is 5.10 Å². The third-order valence-corrected chi connectivity index (χ3v) is 4.78. The number of aromatic hydroxyl groups is 1. The van der Waals surface area contributed by atoms with Crippen LogP contribution in [0.5, 0.6) is 11.5 Å². The number of phenols is 1. The molecule has 0 saturated carbocycles. The molecule has 7 nitrogen and oxygen atoms in total. The van der Waals surface area contributed by atoms with E-state index in [1.54, 1.807) is 48.5 Å². The van der Waals surface area contributed by atoms with E-state index in [2.05, 4.69) is 15.8 Å². The van der Waals surface area contributed by atoms with Crippen LogP contribution in [0.1, 0.15) is 20.8 Å². The molecule has 0 aliphatic carbocycles. The highest BCUT2D eigenvalue weighted by Crippen LogP contribution is 2.21. The number of phenolic OH excluding ortho intramolecular Hbond substituents is 1. The lowest BCUT2D eigenvalue weighted by molar-refractivity contribution is -0.117. The Hall–Kier alpha value is -3.91. The first-order valence-electron chi connectivity index (χ1n) is 8.89. The van der Waals surface area contributed by atoms with Gasteiger partial charge < -0.3 is 15.2 Å². The molecule has 0 spiro atoms. The number of nitrogens with one attached hydrogen (secondary N) is 2. The third-order valence-electron chi connectivity index (χ3n) is 3.96. The number of rotatable bonds is 7. The summed E-state index contributed by atoms with van der Waals surface area (Å²) in [6.07, 6.45) is 2.86. The molecule has 0 radical (unpaired) electrons. The maximum absolute atomic E-state index is 12.6. The molecular formula is C22H19N3O4S. The molecule has 3 rings (SSSR count). The molecule has 3 aromatic rings. The normalized spacial score (nSPS) is 11.3. The Labute approximate surface area is 177 Å². The predicted molar refractivity (Wildman–Crippen MR) is 117 cm³/mol. The van der Waals surface area contributed by atoms with Gasteiger partial charge in [0.1, 0.15) is 17.2 Å². The van der Waals surface area contributed by atoms with Crippen LogP contribution in [-0.2, 0) is 4.79 Å². The summed E-state index contributed by atoms with van der Waals surface area (Å²) >= 11 is 1.43. The van der Waals surface area contributed by atoms with Crippen molar-refractivity contribution >= 4 is 35.4 Å². The summed E-state index contributed by atoms with van der Waals surface area (Å²) in [6.45, 7) is 0. The highest BCUT2D eigenvalue weighted by molar-refractivity contribution is 7.10. The second-order valence-electron chi connectivity index (χ2n) is 6.02. The Kier molecular flexibility index (Phi) is 6.96. The molecule has 0 aliphatic rings. The summed E-state index contributed by atoms with van der Waals surface area (Å²) in [4.78, 5) is 25.9. The second kappa shape index (κ2) is 10.0. The number of hydrogen-bond donors (Lipinski definition) is 3. The van der Waals surface area contributed by atoms with Crippen LogP contribution in [0.3, 0.4) is 0 Å². The molecule has 0 bridgehead atoms. The zero-order chi connectivity index (χ0) is 21.3. The molecule has 2 amide bonds. The Balaban J connectivity index is 1.76.